The van der Waals surface area contributed by atoms with Crippen LogP contribution in [-0.4, -0.2) is 53.4 Å². The topological polar surface area (TPSA) is 73.7 Å². The fourth-order valence-electron chi connectivity index (χ4n) is 5.01. The Morgan fingerprint density at radius 3 is 2.15 bits per heavy atom. The first-order chi connectivity index (χ1) is 16.3. The number of nitrogens with zero attached hydrogens (tertiary/aromatic N) is 3. The lowest BCUT2D eigenvalue weighted by atomic mass is 9.82. The Labute approximate surface area is 214 Å². The van der Waals surface area contributed by atoms with Crippen LogP contribution in [0, 0.1) is 11.8 Å². The summed E-state index contributed by atoms with van der Waals surface area (Å²) in [4.78, 5) is 32.1. The van der Waals surface area contributed by atoms with Crippen LogP contribution >= 0.6 is 34.8 Å². The van der Waals surface area contributed by atoms with Crippen LogP contribution in [0.5, 0.6) is 0 Å². The first-order valence-electron chi connectivity index (χ1n) is 11.6. The van der Waals surface area contributed by atoms with Crippen LogP contribution < -0.4 is 4.90 Å². The van der Waals surface area contributed by atoms with Gasteiger partial charge in [-0.05, 0) is 79.8 Å². The molecule has 0 saturated carbocycles. The largest absolute Gasteiger partial charge is 0.378 e. The predicted octanol–water partition coefficient (Wildman–Crippen LogP) is 5.43. The van der Waals surface area contributed by atoms with Gasteiger partial charge < -0.3 is 14.9 Å². The average molecular weight is 525 g/mol. The molecule has 6 nitrogen and oxygen atoms in total. The molecule has 0 aliphatic carbocycles. The zero-order valence-electron chi connectivity index (χ0n) is 18.8. The Bertz CT molecular complexity index is 1020. The minimum atomic E-state index is -1.25. The second kappa shape index (κ2) is 11.3. The SMILES string of the molecule is O=Cc1ccc(N2CCC(CC3CCN(C(=O)C(O)c4cc(Cl)cc(Cl)c4)CC3)CC2)nc1Cl. The molecule has 34 heavy (non-hydrogen) atoms. The number of aromatic nitrogens is 1. The number of rotatable bonds is 6. The monoisotopic (exact) mass is 523 g/mol. The minimum Gasteiger partial charge on any atom is -0.378 e. The molecule has 2 fully saturated rings. The number of amides is 1. The molecule has 9 heteroatoms. The van der Waals surface area contributed by atoms with Crippen molar-refractivity contribution in [2.75, 3.05) is 31.1 Å². The minimum absolute atomic E-state index is 0.250. The molecular weight excluding hydrogens is 497 g/mol. The summed E-state index contributed by atoms with van der Waals surface area (Å²) in [5.74, 6) is 1.75. The van der Waals surface area contributed by atoms with Crippen LogP contribution in [0.15, 0.2) is 30.3 Å². The van der Waals surface area contributed by atoms with Gasteiger partial charge in [0.05, 0.1) is 5.56 Å². The van der Waals surface area contributed by atoms with Crippen molar-refractivity contribution in [1.82, 2.24) is 9.88 Å². The molecule has 0 spiro atoms. The van der Waals surface area contributed by atoms with E-state index in [1.165, 1.54) is 0 Å². The summed E-state index contributed by atoms with van der Waals surface area (Å²) >= 11 is 18.1. The summed E-state index contributed by atoms with van der Waals surface area (Å²) in [6, 6.07) is 8.31. The highest BCUT2D eigenvalue weighted by molar-refractivity contribution is 6.34. The number of carbonyl (C=O) groups excluding carboxylic acids is 2. The molecule has 182 valence electrons. The van der Waals surface area contributed by atoms with Crippen LogP contribution in [0.1, 0.15) is 54.1 Å². The summed E-state index contributed by atoms with van der Waals surface area (Å²) in [6.07, 6.45) is 4.68. The lowest BCUT2D eigenvalue weighted by molar-refractivity contribution is -0.142. The fraction of sp³-hybridized carbons (Fsp3) is 0.480. The molecule has 3 heterocycles. The van der Waals surface area contributed by atoms with Gasteiger partial charge in [0, 0.05) is 36.2 Å². The second-order valence-electron chi connectivity index (χ2n) is 9.21. The van der Waals surface area contributed by atoms with E-state index in [1.54, 1.807) is 29.2 Å². The van der Waals surface area contributed by atoms with Crippen molar-refractivity contribution < 1.29 is 14.7 Å². The quantitative estimate of drug-likeness (QED) is 0.403. The molecule has 0 bridgehead atoms. The summed E-state index contributed by atoms with van der Waals surface area (Å²) in [7, 11) is 0. The molecule has 4 rings (SSSR count). The van der Waals surface area contributed by atoms with Crippen LogP contribution in [0.25, 0.3) is 0 Å². The summed E-state index contributed by atoms with van der Waals surface area (Å²) in [5.41, 5.74) is 0.835. The fourth-order valence-corrected chi connectivity index (χ4v) is 5.74. The van der Waals surface area contributed by atoms with E-state index in [0.717, 1.165) is 57.3 Å². The van der Waals surface area contributed by atoms with E-state index in [9.17, 15) is 14.7 Å². The van der Waals surface area contributed by atoms with E-state index in [0.29, 0.717) is 46.1 Å². The molecule has 1 N–H and O–H groups in total. The number of aliphatic hydroxyl groups excluding tert-OH is 1. The molecule has 2 aliphatic heterocycles. The maximum Gasteiger partial charge on any atom is 0.256 e. The maximum atomic E-state index is 12.8. The van der Waals surface area contributed by atoms with Crippen molar-refractivity contribution >= 4 is 52.8 Å². The molecular formula is C25H28Cl3N3O3. The summed E-state index contributed by atoms with van der Waals surface area (Å²) in [5, 5.41) is 11.6. The van der Waals surface area contributed by atoms with Gasteiger partial charge in [0.1, 0.15) is 11.0 Å². The van der Waals surface area contributed by atoms with E-state index < -0.39 is 6.10 Å². The van der Waals surface area contributed by atoms with E-state index >= 15 is 0 Å². The Hall–Kier alpha value is -1.86. The van der Waals surface area contributed by atoms with Gasteiger partial charge in [-0.2, -0.15) is 0 Å². The zero-order chi connectivity index (χ0) is 24.2. The number of carbonyl (C=O) groups is 2. The highest BCUT2D eigenvalue weighted by Crippen LogP contribution is 2.33. The number of likely N-dealkylation sites (tertiary alicyclic amines) is 1. The van der Waals surface area contributed by atoms with E-state index in [2.05, 4.69) is 9.88 Å². The maximum absolute atomic E-state index is 12.8. The number of aldehydes is 1. The van der Waals surface area contributed by atoms with Crippen molar-refractivity contribution in [3.05, 3.63) is 56.7 Å². The standard InChI is InChI=1S/C25H28Cl3N3O3/c26-20-12-19(13-21(27)14-20)23(33)25(34)31-9-5-17(6-10-31)11-16-3-7-30(8-4-16)22-2-1-18(15-32)24(28)29-22/h1-2,12-17,23,33H,3-11H2. The number of hydrogen-bond donors (Lipinski definition) is 1. The number of pyridine rings is 1. The highest BCUT2D eigenvalue weighted by Gasteiger charge is 2.30. The van der Waals surface area contributed by atoms with Gasteiger partial charge in [-0.1, -0.05) is 34.8 Å². The molecule has 0 radical (unpaired) electrons. The molecule has 2 saturated heterocycles. The van der Waals surface area contributed by atoms with Crippen molar-refractivity contribution in [3.8, 4) is 0 Å². The lowest BCUT2D eigenvalue weighted by Gasteiger charge is -2.37. The van der Waals surface area contributed by atoms with E-state index in [1.807, 2.05) is 6.07 Å². The molecule has 1 atom stereocenters. The number of benzene rings is 1. The molecule has 1 aromatic carbocycles. The van der Waals surface area contributed by atoms with E-state index in [-0.39, 0.29) is 11.1 Å². The Balaban J connectivity index is 1.23. The average Bonchev–Trinajstić information content (AvgIpc) is 2.83. The normalized spacial score (nSPS) is 18.7. The Morgan fingerprint density at radius 1 is 1.00 bits per heavy atom. The third-order valence-electron chi connectivity index (χ3n) is 6.96. The van der Waals surface area contributed by atoms with Crippen molar-refractivity contribution in [1.29, 1.82) is 0 Å². The summed E-state index contributed by atoms with van der Waals surface area (Å²) < 4.78 is 0. The number of halogens is 3. The van der Waals surface area contributed by atoms with Gasteiger partial charge in [0.2, 0.25) is 0 Å². The number of anilines is 1. The smallest absolute Gasteiger partial charge is 0.256 e. The number of piperidine rings is 2. The predicted molar refractivity (Wildman–Crippen MR) is 135 cm³/mol. The van der Waals surface area contributed by atoms with Gasteiger partial charge in [-0.3, -0.25) is 9.59 Å². The van der Waals surface area contributed by atoms with Gasteiger partial charge >= 0.3 is 0 Å². The Morgan fingerprint density at radius 2 is 1.59 bits per heavy atom. The molecule has 2 aromatic rings. The van der Waals surface area contributed by atoms with Crippen molar-refractivity contribution in [2.24, 2.45) is 11.8 Å². The van der Waals surface area contributed by atoms with Crippen LogP contribution in [0.3, 0.4) is 0 Å². The molecule has 2 aliphatic rings. The summed E-state index contributed by atoms with van der Waals surface area (Å²) in [6.45, 7) is 3.14. The first kappa shape index (κ1) is 25.2. The van der Waals surface area contributed by atoms with Gasteiger partial charge in [0.25, 0.3) is 5.91 Å². The van der Waals surface area contributed by atoms with Crippen LogP contribution in [0.2, 0.25) is 15.2 Å². The molecule has 1 amide bonds. The second-order valence-corrected chi connectivity index (χ2v) is 10.4. The third kappa shape index (κ3) is 6.03. The van der Waals surface area contributed by atoms with E-state index in [4.69, 9.17) is 34.8 Å². The number of aliphatic hydroxyl groups is 1. The van der Waals surface area contributed by atoms with Crippen molar-refractivity contribution in [2.45, 2.75) is 38.2 Å². The molecule has 1 unspecified atom stereocenters. The highest BCUT2D eigenvalue weighted by atomic mass is 35.5. The van der Waals surface area contributed by atoms with Gasteiger partial charge in [-0.15, -0.1) is 0 Å². The Kier molecular flexibility index (Phi) is 8.35. The van der Waals surface area contributed by atoms with Crippen LogP contribution in [-0.2, 0) is 4.79 Å². The first-order valence-corrected chi connectivity index (χ1v) is 12.8. The van der Waals surface area contributed by atoms with Gasteiger partial charge in [0.15, 0.2) is 12.4 Å². The van der Waals surface area contributed by atoms with Crippen LogP contribution in [0.4, 0.5) is 5.82 Å². The zero-order valence-corrected chi connectivity index (χ0v) is 21.1. The molecule has 1 aromatic heterocycles. The van der Waals surface area contributed by atoms with Gasteiger partial charge in [-0.25, -0.2) is 4.98 Å². The number of hydrogen-bond acceptors (Lipinski definition) is 5. The third-order valence-corrected chi connectivity index (χ3v) is 7.69. The van der Waals surface area contributed by atoms with Crippen molar-refractivity contribution in [3.63, 3.8) is 0 Å². The lowest BCUT2D eigenvalue weighted by Crippen LogP contribution is -2.42.